The van der Waals surface area contributed by atoms with Crippen molar-refractivity contribution in [2.45, 2.75) is 57.8 Å². The second-order valence-corrected chi connectivity index (χ2v) is 4.95. The van der Waals surface area contributed by atoms with Gasteiger partial charge in [-0.25, -0.2) is 0 Å². The quantitative estimate of drug-likeness (QED) is 0.409. The molecule has 4 heteroatoms. The van der Waals surface area contributed by atoms with Crippen molar-refractivity contribution >= 4 is 5.97 Å². The van der Waals surface area contributed by atoms with Crippen molar-refractivity contribution < 1.29 is 19.7 Å². The molecule has 0 aliphatic carbocycles. The number of hydrogen-bond acceptors (Lipinski definition) is 4. The fourth-order valence-corrected chi connectivity index (χ4v) is 1.46. The second-order valence-electron chi connectivity index (χ2n) is 4.95. The molecule has 120 valence electrons. The van der Waals surface area contributed by atoms with Crippen LogP contribution in [0.3, 0.4) is 0 Å². The zero-order chi connectivity index (χ0) is 16.8. The molecule has 0 unspecified atom stereocenters. The summed E-state index contributed by atoms with van der Waals surface area (Å²) in [6, 6.07) is 0. The maximum atomic E-state index is 11.3. The lowest BCUT2D eigenvalue weighted by Crippen LogP contribution is -2.12. The Morgan fingerprint density at radius 1 is 1.32 bits per heavy atom. The fourth-order valence-electron chi connectivity index (χ4n) is 1.46. The Morgan fingerprint density at radius 3 is 2.68 bits per heavy atom. The van der Waals surface area contributed by atoms with Crippen LogP contribution in [-0.2, 0) is 9.53 Å². The molecule has 0 aliphatic heterocycles. The Labute approximate surface area is 132 Å². The van der Waals surface area contributed by atoms with Gasteiger partial charge in [0.15, 0.2) is 0 Å². The molecule has 22 heavy (non-hydrogen) atoms. The average Bonchev–Trinajstić information content (AvgIpc) is 2.42. The van der Waals surface area contributed by atoms with Gasteiger partial charge in [-0.15, -0.1) is 12.3 Å². The van der Waals surface area contributed by atoms with Crippen molar-refractivity contribution in [3.8, 4) is 24.2 Å². The molecule has 0 spiro atoms. The van der Waals surface area contributed by atoms with Gasteiger partial charge in [-0.1, -0.05) is 30.1 Å². The molecule has 0 aromatic carbocycles. The van der Waals surface area contributed by atoms with E-state index in [4.69, 9.17) is 11.2 Å². The van der Waals surface area contributed by atoms with Crippen molar-refractivity contribution in [2.75, 3.05) is 0 Å². The maximum Gasteiger partial charge on any atom is 0.306 e. The highest BCUT2D eigenvalue weighted by atomic mass is 16.5. The predicted molar refractivity (Wildman–Crippen MR) is 86.6 cm³/mol. The van der Waals surface area contributed by atoms with Crippen LogP contribution in [0, 0.1) is 24.2 Å². The number of hydrogen-bond donors (Lipinski definition) is 2. The van der Waals surface area contributed by atoms with Crippen LogP contribution in [-0.4, -0.2) is 34.5 Å². The molecule has 0 aliphatic rings. The minimum atomic E-state index is -0.771. The van der Waals surface area contributed by atoms with E-state index in [0.29, 0.717) is 12.8 Å². The summed E-state index contributed by atoms with van der Waals surface area (Å²) in [5.74, 6) is 7.43. The molecule has 0 saturated carbocycles. The van der Waals surface area contributed by atoms with E-state index in [1.54, 1.807) is 38.2 Å². The minimum Gasteiger partial charge on any atom is -0.463 e. The van der Waals surface area contributed by atoms with E-state index < -0.39 is 12.2 Å². The third-order valence-electron chi connectivity index (χ3n) is 2.43. The molecule has 2 atom stereocenters. The lowest BCUT2D eigenvalue weighted by atomic mass is 10.1. The Kier molecular flexibility index (Phi) is 11.5. The van der Waals surface area contributed by atoms with E-state index in [-0.39, 0.29) is 24.9 Å². The van der Waals surface area contributed by atoms with Gasteiger partial charge in [-0.2, -0.15) is 0 Å². The predicted octanol–water partition coefficient (Wildman–Crippen LogP) is 1.97. The summed E-state index contributed by atoms with van der Waals surface area (Å²) in [7, 11) is 0. The first-order valence-electron chi connectivity index (χ1n) is 7.29. The average molecular weight is 304 g/mol. The van der Waals surface area contributed by atoms with E-state index in [9.17, 15) is 15.0 Å². The molecule has 0 rings (SSSR count). The van der Waals surface area contributed by atoms with Crippen molar-refractivity contribution in [3.63, 3.8) is 0 Å². The Balaban J connectivity index is 3.92. The van der Waals surface area contributed by atoms with Crippen LogP contribution in [0.1, 0.15) is 39.5 Å². The molecule has 0 aromatic heterocycles. The van der Waals surface area contributed by atoms with Crippen LogP contribution in [0.25, 0.3) is 0 Å². The molecular weight excluding hydrogens is 280 g/mol. The summed E-state index contributed by atoms with van der Waals surface area (Å²) in [5.41, 5.74) is 0. The minimum absolute atomic E-state index is 0.116. The number of allylic oxidation sites excluding steroid dienone is 3. The molecule has 0 heterocycles. The van der Waals surface area contributed by atoms with Crippen molar-refractivity contribution in [1.29, 1.82) is 0 Å². The van der Waals surface area contributed by atoms with E-state index in [1.807, 2.05) is 0 Å². The standard InChI is InChI=1S/C18H24O4/c1-4-10-16(19)11-7-5-6-8-12-17(20)13-9-14-18(21)22-15(2)3/h1,5-7,11,15-17,19-20H,9-10,13-14H2,2-3H3/t16-,17-/m1/s1. The van der Waals surface area contributed by atoms with Gasteiger partial charge in [0.25, 0.3) is 0 Å². The summed E-state index contributed by atoms with van der Waals surface area (Å²) in [4.78, 5) is 11.3. The van der Waals surface area contributed by atoms with E-state index in [1.165, 1.54) is 0 Å². The molecular formula is C18H24O4. The highest BCUT2D eigenvalue weighted by molar-refractivity contribution is 5.69. The van der Waals surface area contributed by atoms with Crippen LogP contribution in [0.15, 0.2) is 24.3 Å². The highest BCUT2D eigenvalue weighted by Gasteiger charge is 2.06. The Bertz CT molecular complexity index is 472. The molecule has 0 amide bonds. The maximum absolute atomic E-state index is 11.3. The first-order chi connectivity index (χ1) is 10.5. The first-order valence-corrected chi connectivity index (χ1v) is 7.29. The summed E-state index contributed by atoms with van der Waals surface area (Å²) >= 11 is 0. The number of aliphatic hydroxyl groups excluding tert-OH is 2. The largest absolute Gasteiger partial charge is 0.463 e. The topological polar surface area (TPSA) is 66.8 Å². The van der Waals surface area contributed by atoms with Gasteiger partial charge in [0.05, 0.1) is 12.2 Å². The van der Waals surface area contributed by atoms with Gasteiger partial charge >= 0.3 is 5.97 Å². The van der Waals surface area contributed by atoms with Gasteiger partial charge < -0.3 is 14.9 Å². The van der Waals surface area contributed by atoms with Crippen molar-refractivity contribution in [1.82, 2.24) is 0 Å². The Morgan fingerprint density at radius 2 is 2.05 bits per heavy atom. The number of terminal acetylenes is 1. The summed E-state index contributed by atoms with van der Waals surface area (Å²) in [5, 5.41) is 18.9. The van der Waals surface area contributed by atoms with Crippen LogP contribution < -0.4 is 0 Å². The number of carbonyl (C=O) groups excluding carboxylic acids is 1. The van der Waals surface area contributed by atoms with Gasteiger partial charge in [0.2, 0.25) is 0 Å². The Hall–Kier alpha value is -2.01. The van der Waals surface area contributed by atoms with Crippen molar-refractivity contribution in [2.24, 2.45) is 0 Å². The number of esters is 1. The number of ether oxygens (including phenoxy) is 1. The fraction of sp³-hybridized carbons (Fsp3) is 0.500. The van der Waals surface area contributed by atoms with Crippen LogP contribution in [0.5, 0.6) is 0 Å². The molecule has 0 bridgehead atoms. The first kappa shape index (κ1) is 20.0. The zero-order valence-corrected chi connectivity index (χ0v) is 13.2. The third-order valence-corrected chi connectivity index (χ3v) is 2.43. The van der Waals surface area contributed by atoms with E-state index in [0.717, 1.165) is 0 Å². The summed E-state index contributed by atoms with van der Waals surface area (Å²) in [6.45, 7) is 3.59. The molecule has 0 aromatic rings. The highest BCUT2D eigenvalue weighted by Crippen LogP contribution is 2.03. The lowest BCUT2D eigenvalue weighted by molar-refractivity contribution is -0.147. The number of carbonyl (C=O) groups is 1. The monoisotopic (exact) mass is 304 g/mol. The number of rotatable bonds is 8. The van der Waals surface area contributed by atoms with Gasteiger partial charge in [0.1, 0.15) is 6.10 Å². The second kappa shape index (κ2) is 12.7. The van der Waals surface area contributed by atoms with Gasteiger partial charge in [-0.3, -0.25) is 4.79 Å². The zero-order valence-electron chi connectivity index (χ0n) is 13.2. The molecule has 0 fully saturated rings. The molecule has 0 saturated heterocycles. The number of aliphatic hydroxyl groups is 2. The van der Waals surface area contributed by atoms with Crippen LogP contribution in [0.4, 0.5) is 0 Å². The van der Waals surface area contributed by atoms with Crippen LogP contribution >= 0.6 is 0 Å². The van der Waals surface area contributed by atoms with Crippen LogP contribution in [0.2, 0.25) is 0 Å². The lowest BCUT2D eigenvalue weighted by Gasteiger charge is -2.07. The summed E-state index contributed by atoms with van der Waals surface area (Å²) < 4.78 is 4.99. The molecule has 2 N–H and O–H groups in total. The summed E-state index contributed by atoms with van der Waals surface area (Å²) in [6.07, 6.45) is 11.4. The molecule has 0 radical (unpaired) electrons. The van der Waals surface area contributed by atoms with Gasteiger partial charge in [-0.05, 0) is 32.8 Å². The van der Waals surface area contributed by atoms with E-state index >= 15 is 0 Å². The van der Waals surface area contributed by atoms with Gasteiger partial charge in [0, 0.05) is 12.8 Å². The smallest absolute Gasteiger partial charge is 0.306 e. The normalized spacial score (nSPS) is 13.6. The van der Waals surface area contributed by atoms with E-state index in [2.05, 4.69) is 17.8 Å². The third kappa shape index (κ3) is 13.0. The molecule has 4 nitrogen and oxygen atoms in total. The van der Waals surface area contributed by atoms with Crippen molar-refractivity contribution in [3.05, 3.63) is 24.3 Å². The SMILES string of the molecule is C#CC[C@@H](O)C=CC=CC#C[C@@H](O)CCCC(=O)OC(C)C.